The molecule has 0 aliphatic heterocycles. The number of fused-ring (bicyclic) bond motifs is 22. The predicted octanol–water partition coefficient (Wildman–Crippen LogP) is 20.6. The summed E-state index contributed by atoms with van der Waals surface area (Å²) in [5, 5.41) is 25.9. The van der Waals surface area contributed by atoms with Crippen LogP contribution in [-0.4, -0.2) is 9.13 Å². The van der Waals surface area contributed by atoms with E-state index >= 15 is 0 Å². The Morgan fingerprint density at radius 2 is 0.776 bits per heavy atom. The van der Waals surface area contributed by atoms with Crippen LogP contribution in [0.25, 0.3) is 165 Å². The van der Waals surface area contributed by atoms with E-state index < -0.39 is 0 Å². The van der Waals surface area contributed by atoms with Crippen LogP contribution in [0.3, 0.4) is 0 Å². The van der Waals surface area contributed by atoms with Gasteiger partial charge in [0.1, 0.15) is 11.7 Å². The maximum Gasteiger partial charge on any atom is 0.220 e. The van der Waals surface area contributed by atoms with E-state index in [1.54, 1.807) is 34.0 Å². The van der Waals surface area contributed by atoms with Crippen LogP contribution in [0.15, 0.2) is 211 Å². The first-order valence-corrected chi connectivity index (χ1v) is 27.6. The molecule has 0 N–H and O–H groups in total. The summed E-state index contributed by atoms with van der Waals surface area (Å²) in [6, 6.07) is 75.9. The van der Waals surface area contributed by atoms with Gasteiger partial charge in [-0.3, -0.25) is 0 Å². The smallest absolute Gasteiger partial charge is 0.220 e. The molecule has 0 saturated heterocycles. The number of nitrogens with zero attached hydrogens (tertiary/aromatic N) is 4. The number of aromatic nitrogens is 2. The van der Waals surface area contributed by atoms with E-state index in [0.717, 1.165) is 118 Å². The third-order valence-electron chi connectivity index (χ3n) is 15.8. The average molecular weight is 1020 g/mol. The van der Waals surface area contributed by atoms with Crippen molar-refractivity contribution in [1.29, 1.82) is 5.26 Å². The predicted molar refractivity (Wildman–Crippen MR) is 323 cm³/mol. The highest BCUT2D eigenvalue weighted by molar-refractivity contribution is 7.27. The van der Waals surface area contributed by atoms with Gasteiger partial charge in [-0.2, -0.15) is 5.26 Å². The Balaban J connectivity index is 1.19. The molecule has 5 nitrogen and oxygen atoms in total. The van der Waals surface area contributed by atoms with Gasteiger partial charge >= 0.3 is 0 Å². The monoisotopic (exact) mass is 1020 g/mol. The molecule has 0 aliphatic rings. The summed E-state index contributed by atoms with van der Waals surface area (Å²) in [4.78, 5) is 4.72. The van der Waals surface area contributed by atoms with Gasteiger partial charge in [0.25, 0.3) is 0 Å². The van der Waals surface area contributed by atoms with Gasteiger partial charge in [-0.25, -0.2) is 4.85 Å². The maximum atomic E-state index is 12.8. The van der Waals surface area contributed by atoms with Crippen LogP contribution in [0.5, 0.6) is 0 Å². The van der Waals surface area contributed by atoms with Crippen molar-refractivity contribution in [1.82, 2.24) is 9.13 Å². The highest BCUT2D eigenvalue weighted by Gasteiger charge is 2.34. The fourth-order valence-electron chi connectivity index (χ4n) is 12.7. The van der Waals surface area contributed by atoms with Crippen molar-refractivity contribution >= 4 is 166 Å². The molecule has 0 radical (unpaired) electrons. The van der Waals surface area contributed by atoms with Gasteiger partial charge in [-0.1, -0.05) is 176 Å². The van der Waals surface area contributed by atoms with E-state index in [2.05, 4.69) is 197 Å². The first kappa shape index (κ1) is 41.9. The highest BCUT2D eigenvalue weighted by atomic mass is 32.1. The molecule has 0 unspecified atom stereocenters. The zero-order chi connectivity index (χ0) is 49.9. The van der Waals surface area contributed by atoms with E-state index in [4.69, 9.17) is 9.26 Å². The van der Waals surface area contributed by atoms with E-state index in [9.17, 15) is 11.8 Å². The van der Waals surface area contributed by atoms with Crippen LogP contribution in [0.4, 0.5) is 5.69 Å². The lowest BCUT2D eigenvalue weighted by Crippen LogP contribution is -2.09. The quantitative estimate of drug-likeness (QED) is 0.165. The molecule has 0 amide bonds. The third kappa shape index (κ3) is 5.44. The Morgan fingerprint density at radius 3 is 1.26 bits per heavy atom. The van der Waals surface area contributed by atoms with Gasteiger partial charge in [0.15, 0.2) is 5.58 Å². The molecular weight excluding hydrogens is 985 g/mol. The van der Waals surface area contributed by atoms with Crippen LogP contribution in [0.1, 0.15) is 5.56 Å². The molecule has 0 saturated carbocycles. The number of nitriles is 1. The molecule has 0 bridgehead atoms. The Labute approximate surface area is 444 Å². The number of hydrogen-bond donors (Lipinski definition) is 0. The van der Waals surface area contributed by atoms with E-state index in [0.29, 0.717) is 22.6 Å². The molecule has 17 aromatic rings. The maximum absolute atomic E-state index is 12.8. The van der Waals surface area contributed by atoms with Crippen molar-refractivity contribution in [3.63, 3.8) is 0 Å². The molecule has 0 spiro atoms. The van der Waals surface area contributed by atoms with Crippen molar-refractivity contribution < 1.29 is 4.42 Å². The normalized spacial score (nSPS) is 12.2. The van der Waals surface area contributed by atoms with E-state index in [1.165, 1.54) is 30.3 Å². The Kier molecular flexibility index (Phi) is 8.54. The molecular formula is C68H34N4OS3. The molecule has 11 aromatic carbocycles. The van der Waals surface area contributed by atoms with E-state index in [-0.39, 0.29) is 0 Å². The minimum atomic E-state index is 0.393. The Morgan fingerprint density at radius 1 is 0.382 bits per heavy atom. The molecule has 6 aromatic heterocycles. The molecule has 17 rings (SSSR count). The van der Waals surface area contributed by atoms with Crippen molar-refractivity contribution in [2.24, 2.45) is 0 Å². The van der Waals surface area contributed by atoms with Gasteiger partial charge in [0.2, 0.25) is 5.69 Å². The zero-order valence-electron chi connectivity index (χ0n) is 40.1. The van der Waals surface area contributed by atoms with Crippen LogP contribution < -0.4 is 0 Å². The summed E-state index contributed by atoms with van der Waals surface area (Å²) in [6.45, 7) is 9.66. The topological polar surface area (TPSA) is 51.1 Å². The second-order valence-electron chi connectivity index (χ2n) is 19.5. The first-order chi connectivity index (χ1) is 37.7. The highest BCUT2D eigenvalue weighted by Crippen LogP contribution is 2.56. The van der Waals surface area contributed by atoms with Crippen molar-refractivity contribution in [2.45, 2.75) is 0 Å². The zero-order valence-corrected chi connectivity index (χ0v) is 42.5. The molecule has 0 fully saturated rings. The molecule has 6 heterocycles. The summed E-state index contributed by atoms with van der Waals surface area (Å²) < 4.78 is 18.7. The summed E-state index contributed by atoms with van der Waals surface area (Å²) in [5.41, 5.74) is 10.7. The molecule has 350 valence electrons. The second kappa shape index (κ2) is 15.5. The number of hydrogen-bond acceptors (Lipinski definition) is 5. The Bertz CT molecular complexity index is 5240. The lowest BCUT2D eigenvalue weighted by atomic mass is 9.87. The lowest BCUT2D eigenvalue weighted by Gasteiger charge is -2.25. The van der Waals surface area contributed by atoms with Crippen LogP contribution in [0, 0.1) is 17.9 Å². The van der Waals surface area contributed by atoms with E-state index in [1.807, 2.05) is 24.3 Å². The van der Waals surface area contributed by atoms with Crippen molar-refractivity contribution in [2.75, 3.05) is 0 Å². The largest absolute Gasteiger partial charge is 0.454 e. The van der Waals surface area contributed by atoms with Gasteiger partial charge in [-0.15, -0.1) is 34.0 Å². The summed E-state index contributed by atoms with van der Waals surface area (Å²) in [6.07, 6.45) is 0. The molecule has 0 atom stereocenters. The van der Waals surface area contributed by atoms with Crippen LogP contribution in [0.2, 0.25) is 0 Å². The fourth-order valence-corrected chi connectivity index (χ4v) is 16.4. The molecule has 76 heavy (non-hydrogen) atoms. The summed E-state index contributed by atoms with van der Waals surface area (Å²) in [5.74, 6) is 0. The fraction of sp³-hybridized carbons (Fsp3) is 0. The van der Waals surface area contributed by atoms with Gasteiger partial charge in [0, 0.05) is 84.3 Å². The summed E-state index contributed by atoms with van der Waals surface area (Å²) >= 11 is 5.32. The number of thiophene rings is 3. The molecule has 8 heteroatoms. The van der Waals surface area contributed by atoms with Gasteiger partial charge < -0.3 is 13.6 Å². The SMILES string of the molecule is [C-]#[N+]c1c(-c2ccccc2)c(-c2ccccc2)c(-n2c3c(ccc4c5ccccc5oc43)c3ccc4c5ccccc5sc4c32)c(C#N)c1-n1c2c(ccc3c4ccccc4sc32)c2ccc3c4ccccc4sc3c21. The second-order valence-corrected chi connectivity index (χ2v) is 22.7. The average Bonchev–Trinajstić information content (AvgIpc) is 4.43. The molecule has 0 aliphatic carbocycles. The van der Waals surface area contributed by atoms with Gasteiger partial charge in [-0.05, 0) is 47.0 Å². The number of para-hydroxylation sites is 1. The number of furan rings is 1. The van der Waals surface area contributed by atoms with Crippen molar-refractivity contribution in [3.8, 4) is 39.7 Å². The lowest BCUT2D eigenvalue weighted by molar-refractivity contribution is 0.671. The minimum absolute atomic E-state index is 0.393. The van der Waals surface area contributed by atoms with Crippen LogP contribution in [-0.2, 0) is 0 Å². The summed E-state index contributed by atoms with van der Waals surface area (Å²) in [7, 11) is 0. The standard InChI is InChI=1S/C68H34N4OS3/c1-70-58-56(37-16-4-2-5-17-37)57(38-18-6-3-7-19-38)59(71-61-43(28-32-47-39-20-8-12-24-52(39)73-65(47)61)44-29-33-48-40-21-9-13-25-53(40)74-66(48)62(44)71)51(36-69)60(58)72-63-45(30-34-49-41-22-10-14-26-54(41)75-67(49)63)46-31-35-50-42-23-11-15-27-55(42)76-68(50)64(46)72/h2-35H. The first-order valence-electron chi connectivity index (χ1n) is 25.2. The van der Waals surface area contributed by atoms with Gasteiger partial charge in [0.05, 0.1) is 59.7 Å². The Hall–Kier alpha value is -9.54. The minimum Gasteiger partial charge on any atom is -0.454 e. The number of benzene rings is 11. The number of rotatable bonds is 4. The third-order valence-corrected chi connectivity index (χ3v) is 19.4. The van der Waals surface area contributed by atoms with Crippen LogP contribution >= 0.6 is 34.0 Å². The van der Waals surface area contributed by atoms with Crippen molar-refractivity contribution in [3.05, 3.63) is 223 Å².